The van der Waals surface area contributed by atoms with Crippen LogP contribution < -0.4 is 16.8 Å². The van der Waals surface area contributed by atoms with Gasteiger partial charge in [0, 0.05) is 12.0 Å². The maximum atomic E-state index is 11.4. The molecule has 0 aromatic rings. The second kappa shape index (κ2) is 5.11. The Labute approximate surface area is 89.6 Å². The van der Waals surface area contributed by atoms with Crippen LogP contribution in [0.3, 0.4) is 0 Å². The fourth-order valence-corrected chi connectivity index (χ4v) is 2.00. The number of nitrogens with one attached hydrogen (secondary N) is 1. The van der Waals surface area contributed by atoms with E-state index in [0.29, 0.717) is 6.42 Å². The zero-order valence-electron chi connectivity index (χ0n) is 8.92. The van der Waals surface area contributed by atoms with E-state index < -0.39 is 5.91 Å². The topological polar surface area (TPSA) is 98.2 Å². The molecule has 5 nitrogen and oxygen atoms in total. The van der Waals surface area contributed by atoms with Crippen molar-refractivity contribution >= 4 is 11.8 Å². The molecule has 0 bridgehead atoms. The van der Waals surface area contributed by atoms with Gasteiger partial charge in [0.15, 0.2) is 0 Å². The quantitative estimate of drug-likeness (QED) is 0.594. The van der Waals surface area contributed by atoms with Crippen molar-refractivity contribution < 1.29 is 9.59 Å². The molecule has 1 rings (SSSR count). The molecule has 0 heterocycles. The minimum atomic E-state index is -0.530. The predicted molar refractivity (Wildman–Crippen MR) is 56.8 cm³/mol. The molecule has 1 aliphatic carbocycles. The number of amides is 2. The van der Waals surface area contributed by atoms with Crippen LogP contribution in [-0.4, -0.2) is 23.9 Å². The molecule has 1 aliphatic rings. The lowest BCUT2D eigenvalue weighted by Gasteiger charge is -2.32. The molecule has 1 saturated carbocycles. The fraction of sp³-hybridized carbons (Fsp3) is 0.800. The van der Waals surface area contributed by atoms with Gasteiger partial charge in [-0.2, -0.15) is 0 Å². The summed E-state index contributed by atoms with van der Waals surface area (Å²) >= 11 is 0. The van der Waals surface area contributed by atoms with E-state index in [2.05, 4.69) is 5.32 Å². The maximum absolute atomic E-state index is 11.4. The second-order valence-corrected chi connectivity index (χ2v) is 4.34. The van der Waals surface area contributed by atoms with Crippen molar-refractivity contribution in [3.05, 3.63) is 0 Å². The molecule has 5 N–H and O–H groups in total. The van der Waals surface area contributed by atoms with Crippen LogP contribution in [0.2, 0.25) is 0 Å². The Kier molecular flexibility index (Phi) is 4.08. The van der Waals surface area contributed by atoms with E-state index in [1.54, 1.807) is 0 Å². The molecule has 86 valence electrons. The average molecular weight is 213 g/mol. The standard InChI is InChI=1S/C10H19N3O2/c11-8(14)7-13-9(15)6-10(12)4-2-1-3-5-10/h1-7,12H2,(H2,11,14)(H,13,15). The molecule has 2 amide bonds. The third-order valence-electron chi connectivity index (χ3n) is 2.82. The Morgan fingerprint density at radius 1 is 1.20 bits per heavy atom. The molecule has 15 heavy (non-hydrogen) atoms. The smallest absolute Gasteiger partial charge is 0.236 e. The summed E-state index contributed by atoms with van der Waals surface area (Å²) in [5.74, 6) is -0.712. The summed E-state index contributed by atoms with van der Waals surface area (Å²) < 4.78 is 0. The molecule has 5 heteroatoms. The summed E-state index contributed by atoms with van der Waals surface area (Å²) in [4.78, 5) is 21.9. The molecule has 1 fully saturated rings. The molecule has 0 saturated heterocycles. The summed E-state index contributed by atoms with van der Waals surface area (Å²) in [5, 5.41) is 2.46. The van der Waals surface area contributed by atoms with Crippen molar-refractivity contribution in [3.63, 3.8) is 0 Å². The molecule has 0 unspecified atom stereocenters. The second-order valence-electron chi connectivity index (χ2n) is 4.34. The Balaban J connectivity index is 2.32. The van der Waals surface area contributed by atoms with E-state index in [4.69, 9.17) is 11.5 Å². The van der Waals surface area contributed by atoms with E-state index in [1.165, 1.54) is 6.42 Å². The number of carbonyl (C=O) groups is 2. The first-order valence-electron chi connectivity index (χ1n) is 5.36. The first kappa shape index (κ1) is 12.0. The van der Waals surface area contributed by atoms with Gasteiger partial charge < -0.3 is 16.8 Å². The van der Waals surface area contributed by atoms with Gasteiger partial charge in [0.2, 0.25) is 11.8 Å². The highest BCUT2D eigenvalue weighted by atomic mass is 16.2. The number of nitrogens with two attached hydrogens (primary N) is 2. The van der Waals surface area contributed by atoms with Crippen molar-refractivity contribution in [2.45, 2.75) is 44.1 Å². The van der Waals surface area contributed by atoms with Crippen LogP contribution in [0.1, 0.15) is 38.5 Å². The van der Waals surface area contributed by atoms with Crippen LogP contribution >= 0.6 is 0 Å². The zero-order valence-corrected chi connectivity index (χ0v) is 8.92. The highest BCUT2D eigenvalue weighted by Gasteiger charge is 2.29. The Morgan fingerprint density at radius 3 is 2.33 bits per heavy atom. The van der Waals surface area contributed by atoms with Crippen molar-refractivity contribution in [2.75, 3.05) is 6.54 Å². The van der Waals surface area contributed by atoms with Gasteiger partial charge in [-0.05, 0) is 12.8 Å². The maximum Gasteiger partial charge on any atom is 0.236 e. The number of carbonyl (C=O) groups excluding carboxylic acids is 2. The number of rotatable bonds is 4. The Hall–Kier alpha value is -1.10. The third-order valence-corrected chi connectivity index (χ3v) is 2.82. The third kappa shape index (κ3) is 4.29. The molecular formula is C10H19N3O2. The lowest BCUT2D eigenvalue weighted by atomic mass is 9.80. The van der Waals surface area contributed by atoms with E-state index in [9.17, 15) is 9.59 Å². The molecule has 0 aromatic carbocycles. The van der Waals surface area contributed by atoms with E-state index >= 15 is 0 Å². The van der Waals surface area contributed by atoms with Crippen LogP contribution in [0.5, 0.6) is 0 Å². The van der Waals surface area contributed by atoms with Crippen molar-refractivity contribution in [2.24, 2.45) is 11.5 Å². The first-order chi connectivity index (χ1) is 7.02. The number of primary amides is 1. The molecule has 0 aliphatic heterocycles. The number of hydrogen-bond acceptors (Lipinski definition) is 3. The van der Waals surface area contributed by atoms with Crippen LogP contribution in [0.4, 0.5) is 0 Å². The monoisotopic (exact) mass is 213 g/mol. The van der Waals surface area contributed by atoms with Crippen molar-refractivity contribution in [1.82, 2.24) is 5.32 Å². The van der Waals surface area contributed by atoms with Gasteiger partial charge in [-0.25, -0.2) is 0 Å². The predicted octanol–water partition coefficient (Wildman–Crippen LogP) is -0.360. The first-order valence-corrected chi connectivity index (χ1v) is 5.36. The summed E-state index contributed by atoms with van der Waals surface area (Å²) in [5.41, 5.74) is 10.6. The molecule has 0 radical (unpaired) electrons. The van der Waals surface area contributed by atoms with Crippen LogP contribution in [0, 0.1) is 0 Å². The lowest BCUT2D eigenvalue weighted by molar-refractivity contribution is -0.125. The largest absolute Gasteiger partial charge is 0.368 e. The fourth-order valence-electron chi connectivity index (χ4n) is 2.00. The van der Waals surface area contributed by atoms with Gasteiger partial charge in [-0.1, -0.05) is 19.3 Å². The van der Waals surface area contributed by atoms with E-state index in [-0.39, 0.29) is 18.0 Å². The van der Waals surface area contributed by atoms with E-state index in [1.807, 2.05) is 0 Å². The minimum absolute atomic E-state index is 0.102. The summed E-state index contributed by atoms with van der Waals surface area (Å²) in [6.45, 7) is -0.102. The van der Waals surface area contributed by atoms with Gasteiger partial charge in [-0.15, -0.1) is 0 Å². The highest BCUT2D eigenvalue weighted by molar-refractivity contribution is 5.84. The van der Waals surface area contributed by atoms with E-state index in [0.717, 1.165) is 25.7 Å². The van der Waals surface area contributed by atoms with Crippen molar-refractivity contribution in [1.29, 1.82) is 0 Å². The summed E-state index contributed by atoms with van der Waals surface area (Å²) in [7, 11) is 0. The zero-order chi connectivity index (χ0) is 11.3. The number of hydrogen-bond donors (Lipinski definition) is 3. The molecule has 0 spiro atoms. The minimum Gasteiger partial charge on any atom is -0.368 e. The molecule has 0 aromatic heterocycles. The SMILES string of the molecule is NC(=O)CNC(=O)CC1(N)CCCCC1. The van der Waals surface area contributed by atoms with Gasteiger partial charge in [0.25, 0.3) is 0 Å². The molecular weight excluding hydrogens is 194 g/mol. The summed E-state index contributed by atoms with van der Waals surface area (Å²) in [6.07, 6.45) is 5.43. The van der Waals surface area contributed by atoms with Gasteiger partial charge in [0.1, 0.15) is 0 Å². The van der Waals surface area contributed by atoms with Gasteiger partial charge in [0.05, 0.1) is 6.54 Å². The van der Waals surface area contributed by atoms with Crippen LogP contribution in [0.25, 0.3) is 0 Å². The Bertz CT molecular complexity index is 247. The van der Waals surface area contributed by atoms with Gasteiger partial charge >= 0.3 is 0 Å². The van der Waals surface area contributed by atoms with Crippen LogP contribution in [-0.2, 0) is 9.59 Å². The normalized spacial score (nSPS) is 19.5. The van der Waals surface area contributed by atoms with Gasteiger partial charge in [-0.3, -0.25) is 9.59 Å². The lowest BCUT2D eigenvalue weighted by Crippen LogP contribution is -2.47. The Morgan fingerprint density at radius 2 is 1.80 bits per heavy atom. The highest BCUT2D eigenvalue weighted by Crippen LogP contribution is 2.28. The van der Waals surface area contributed by atoms with Crippen molar-refractivity contribution in [3.8, 4) is 0 Å². The summed E-state index contributed by atoms with van der Waals surface area (Å²) in [6, 6.07) is 0. The average Bonchev–Trinajstić information content (AvgIpc) is 2.15. The van der Waals surface area contributed by atoms with Crippen LogP contribution in [0.15, 0.2) is 0 Å². The molecule has 0 atom stereocenters.